The first-order valence-corrected chi connectivity index (χ1v) is 7.90. The average Bonchev–Trinajstić information content (AvgIpc) is 2.57. The van der Waals surface area contributed by atoms with Gasteiger partial charge in [0.25, 0.3) is 0 Å². The number of methoxy groups -OCH3 is 1. The zero-order chi connectivity index (χ0) is 16.7. The maximum Gasteiger partial charge on any atom is 0.191 e. The normalized spacial score (nSPS) is 14.5. The van der Waals surface area contributed by atoms with Crippen LogP contribution in [0.15, 0.2) is 23.2 Å². The molecule has 0 unspecified atom stereocenters. The highest BCUT2D eigenvalue weighted by molar-refractivity contribution is 5.79. The summed E-state index contributed by atoms with van der Waals surface area (Å²) >= 11 is 0. The van der Waals surface area contributed by atoms with Gasteiger partial charge in [-0.1, -0.05) is 19.9 Å². The van der Waals surface area contributed by atoms with Crippen molar-refractivity contribution in [2.24, 2.45) is 4.99 Å². The van der Waals surface area contributed by atoms with Crippen LogP contribution in [0.1, 0.15) is 19.4 Å². The largest absolute Gasteiger partial charge is 0.486 e. The molecule has 0 saturated heterocycles. The number of guanidine groups is 1. The number of nitrogens with zero attached hydrogens (tertiary/aromatic N) is 1. The molecule has 0 bridgehead atoms. The first-order valence-electron chi connectivity index (χ1n) is 7.90. The molecule has 0 aromatic heterocycles. The van der Waals surface area contributed by atoms with Crippen molar-refractivity contribution in [3.05, 3.63) is 23.8 Å². The Morgan fingerprint density at radius 1 is 1.22 bits per heavy atom. The van der Waals surface area contributed by atoms with Gasteiger partial charge in [0, 0.05) is 32.7 Å². The molecule has 1 aliphatic heterocycles. The maximum absolute atomic E-state index is 5.68. The standard InChI is InChI=1S/C17H27N3O3/c1-17(2,12-20-16(18-3)19-7-8-21-4)13-5-6-14-15(11-13)23-10-9-22-14/h5-6,11H,7-10,12H2,1-4H3,(H2,18,19,20). The third-order valence-electron chi connectivity index (χ3n) is 3.84. The zero-order valence-corrected chi connectivity index (χ0v) is 14.4. The van der Waals surface area contributed by atoms with Crippen LogP contribution < -0.4 is 20.1 Å². The Kier molecular flexibility index (Phi) is 6.10. The van der Waals surface area contributed by atoms with Crippen molar-refractivity contribution in [3.63, 3.8) is 0 Å². The minimum Gasteiger partial charge on any atom is -0.486 e. The lowest BCUT2D eigenvalue weighted by atomic mass is 9.84. The Labute approximate surface area is 138 Å². The van der Waals surface area contributed by atoms with E-state index in [2.05, 4.69) is 41.6 Å². The van der Waals surface area contributed by atoms with E-state index in [4.69, 9.17) is 14.2 Å². The number of hydrogen-bond donors (Lipinski definition) is 2. The van der Waals surface area contributed by atoms with Crippen molar-refractivity contribution in [2.75, 3.05) is 47.1 Å². The fourth-order valence-corrected chi connectivity index (χ4v) is 2.36. The van der Waals surface area contributed by atoms with Gasteiger partial charge in [-0.05, 0) is 17.7 Å². The minimum atomic E-state index is -0.0747. The fourth-order valence-electron chi connectivity index (χ4n) is 2.36. The monoisotopic (exact) mass is 321 g/mol. The van der Waals surface area contributed by atoms with Crippen LogP contribution in [0.5, 0.6) is 11.5 Å². The quantitative estimate of drug-likeness (QED) is 0.473. The Bertz CT molecular complexity index is 544. The molecular weight excluding hydrogens is 294 g/mol. The molecule has 2 N–H and O–H groups in total. The summed E-state index contributed by atoms with van der Waals surface area (Å²) in [5, 5.41) is 6.57. The van der Waals surface area contributed by atoms with Crippen LogP contribution in [-0.4, -0.2) is 53.0 Å². The molecule has 0 radical (unpaired) electrons. The van der Waals surface area contributed by atoms with E-state index < -0.39 is 0 Å². The van der Waals surface area contributed by atoms with Gasteiger partial charge in [0.1, 0.15) is 13.2 Å². The number of rotatable bonds is 6. The smallest absolute Gasteiger partial charge is 0.191 e. The summed E-state index contributed by atoms with van der Waals surface area (Å²) in [6, 6.07) is 6.14. The van der Waals surface area contributed by atoms with Crippen LogP contribution in [0.25, 0.3) is 0 Å². The number of benzene rings is 1. The van der Waals surface area contributed by atoms with Crippen LogP contribution in [0, 0.1) is 0 Å². The molecule has 6 heteroatoms. The van der Waals surface area contributed by atoms with Crippen molar-refractivity contribution < 1.29 is 14.2 Å². The number of ether oxygens (including phenoxy) is 3. The highest BCUT2D eigenvalue weighted by atomic mass is 16.6. The predicted molar refractivity (Wildman–Crippen MR) is 91.7 cm³/mol. The molecule has 1 aromatic carbocycles. The molecule has 0 aliphatic carbocycles. The summed E-state index contributed by atoms with van der Waals surface area (Å²) < 4.78 is 16.3. The van der Waals surface area contributed by atoms with E-state index in [0.29, 0.717) is 19.8 Å². The Morgan fingerprint density at radius 3 is 2.65 bits per heavy atom. The summed E-state index contributed by atoms with van der Waals surface area (Å²) in [7, 11) is 3.45. The summed E-state index contributed by atoms with van der Waals surface area (Å²) in [6.07, 6.45) is 0. The third-order valence-corrected chi connectivity index (χ3v) is 3.84. The van der Waals surface area contributed by atoms with Crippen molar-refractivity contribution in [3.8, 4) is 11.5 Å². The first kappa shape index (κ1) is 17.4. The topological polar surface area (TPSA) is 64.1 Å². The van der Waals surface area contributed by atoms with E-state index >= 15 is 0 Å². The molecule has 0 amide bonds. The highest BCUT2D eigenvalue weighted by Gasteiger charge is 2.23. The van der Waals surface area contributed by atoms with Crippen molar-refractivity contribution >= 4 is 5.96 Å². The second kappa shape index (κ2) is 8.06. The van der Waals surface area contributed by atoms with Crippen LogP contribution in [-0.2, 0) is 10.2 Å². The maximum atomic E-state index is 5.68. The number of nitrogens with one attached hydrogen (secondary N) is 2. The van der Waals surface area contributed by atoms with Gasteiger partial charge in [0.2, 0.25) is 0 Å². The number of aliphatic imine (C=N–C) groups is 1. The van der Waals surface area contributed by atoms with Gasteiger partial charge in [-0.25, -0.2) is 0 Å². The molecule has 1 aliphatic rings. The summed E-state index contributed by atoms with van der Waals surface area (Å²) in [5.41, 5.74) is 1.12. The lowest BCUT2D eigenvalue weighted by molar-refractivity contribution is 0.171. The van der Waals surface area contributed by atoms with Crippen LogP contribution in [0.2, 0.25) is 0 Å². The summed E-state index contributed by atoms with van der Waals surface area (Å²) in [5.74, 6) is 2.41. The molecule has 0 saturated carbocycles. The van der Waals surface area contributed by atoms with Gasteiger partial charge >= 0.3 is 0 Å². The second-order valence-corrected chi connectivity index (χ2v) is 6.09. The van der Waals surface area contributed by atoms with Gasteiger partial charge in [0.05, 0.1) is 6.61 Å². The van der Waals surface area contributed by atoms with Gasteiger partial charge in [-0.3, -0.25) is 4.99 Å². The molecule has 2 rings (SSSR count). The predicted octanol–water partition coefficient (Wildman–Crippen LogP) is 1.55. The number of fused-ring (bicyclic) bond motifs is 1. The molecular formula is C17H27N3O3. The van der Waals surface area contributed by atoms with Crippen molar-refractivity contribution in [1.82, 2.24) is 10.6 Å². The van der Waals surface area contributed by atoms with Gasteiger partial charge < -0.3 is 24.8 Å². The Balaban J connectivity index is 1.98. The Hall–Kier alpha value is -1.95. The fraction of sp³-hybridized carbons (Fsp3) is 0.588. The van der Waals surface area contributed by atoms with Gasteiger partial charge in [-0.15, -0.1) is 0 Å². The van der Waals surface area contributed by atoms with E-state index in [-0.39, 0.29) is 5.41 Å². The molecule has 1 aromatic rings. The van der Waals surface area contributed by atoms with Gasteiger partial charge in [0.15, 0.2) is 17.5 Å². The molecule has 128 valence electrons. The highest BCUT2D eigenvalue weighted by Crippen LogP contribution is 2.34. The molecule has 0 spiro atoms. The first-order chi connectivity index (χ1) is 11.1. The average molecular weight is 321 g/mol. The molecule has 23 heavy (non-hydrogen) atoms. The van der Waals surface area contributed by atoms with Crippen LogP contribution >= 0.6 is 0 Å². The Morgan fingerprint density at radius 2 is 1.96 bits per heavy atom. The third kappa shape index (κ3) is 4.76. The lowest BCUT2D eigenvalue weighted by Crippen LogP contribution is -2.44. The van der Waals surface area contributed by atoms with Crippen molar-refractivity contribution in [1.29, 1.82) is 0 Å². The zero-order valence-electron chi connectivity index (χ0n) is 14.4. The van der Waals surface area contributed by atoms with E-state index in [1.165, 1.54) is 5.56 Å². The molecule has 1 heterocycles. The summed E-state index contributed by atoms with van der Waals surface area (Å²) in [4.78, 5) is 4.22. The number of hydrogen-bond acceptors (Lipinski definition) is 4. The van der Waals surface area contributed by atoms with Gasteiger partial charge in [-0.2, -0.15) is 0 Å². The summed E-state index contributed by atoms with van der Waals surface area (Å²) in [6.45, 7) is 7.71. The van der Waals surface area contributed by atoms with E-state index in [9.17, 15) is 0 Å². The SMILES string of the molecule is CN=C(NCCOC)NCC(C)(C)c1ccc2c(c1)OCCO2. The molecule has 6 nitrogen and oxygen atoms in total. The minimum absolute atomic E-state index is 0.0747. The van der Waals surface area contributed by atoms with E-state index in [1.807, 2.05) is 6.07 Å². The molecule has 0 atom stereocenters. The molecule has 0 fully saturated rings. The van der Waals surface area contributed by atoms with E-state index in [0.717, 1.165) is 30.5 Å². The van der Waals surface area contributed by atoms with Crippen molar-refractivity contribution in [2.45, 2.75) is 19.3 Å². The van der Waals surface area contributed by atoms with Crippen LogP contribution in [0.3, 0.4) is 0 Å². The van der Waals surface area contributed by atoms with E-state index in [1.54, 1.807) is 14.2 Å². The second-order valence-electron chi connectivity index (χ2n) is 6.09. The van der Waals surface area contributed by atoms with Crippen LogP contribution in [0.4, 0.5) is 0 Å². The lowest BCUT2D eigenvalue weighted by Gasteiger charge is -2.28.